The van der Waals surface area contributed by atoms with Gasteiger partial charge >= 0.3 is 5.97 Å². The zero-order valence-corrected chi connectivity index (χ0v) is 11.5. The van der Waals surface area contributed by atoms with Gasteiger partial charge in [0.1, 0.15) is 5.54 Å². The van der Waals surface area contributed by atoms with Gasteiger partial charge in [0.2, 0.25) is 5.78 Å². The van der Waals surface area contributed by atoms with Gasteiger partial charge in [-0.3, -0.25) is 14.1 Å². The van der Waals surface area contributed by atoms with Gasteiger partial charge in [0.25, 0.3) is 0 Å². The summed E-state index contributed by atoms with van der Waals surface area (Å²) in [5.41, 5.74) is 0.133. The highest BCUT2D eigenvalue weighted by molar-refractivity contribution is 5.79. The number of hydrogen-bond donors (Lipinski definition) is 1. The van der Waals surface area contributed by atoms with Crippen molar-refractivity contribution in [1.29, 1.82) is 0 Å². The minimum atomic E-state index is -0.733. The Bertz CT molecular complexity index is 606. The molecule has 0 aromatic carbocycles. The fourth-order valence-corrected chi connectivity index (χ4v) is 3.11. The van der Waals surface area contributed by atoms with E-state index in [9.17, 15) is 9.90 Å². The Balaban J connectivity index is 1.88. The van der Waals surface area contributed by atoms with Gasteiger partial charge in [-0.05, 0) is 31.9 Å². The van der Waals surface area contributed by atoms with Gasteiger partial charge in [0.05, 0.1) is 5.69 Å². The third-order valence-electron chi connectivity index (χ3n) is 4.24. The number of likely N-dealkylation sites (tertiary alicyclic amines) is 1. The smallest absolute Gasteiger partial charge is 0.324 e. The molecule has 1 aliphatic rings. The molecule has 1 aliphatic heterocycles. The van der Waals surface area contributed by atoms with Gasteiger partial charge in [-0.1, -0.05) is 6.92 Å². The molecular formula is C14H18N4O2. The highest BCUT2D eigenvalue weighted by Crippen LogP contribution is 2.33. The van der Waals surface area contributed by atoms with Crippen molar-refractivity contribution in [3.05, 3.63) is 30.4 Å². The van der Waals surface area contributed by atoms with E-state index in [1.54, 1.807) is 6.20 Å². The quantitative estimate of drug-likeness (QED) is 0.916. The number of hydrogen-bond acceptors (Lipinski definition) is 4. The molecule has 0 saturated carbocycles. The number of aromatic nitrogens is 3. The molecule has 106 valence electrons. The van der Waals surface area contributed by atoms with Crippen LogP contribution in [0.4, 0.5) is 0 Å². The minimum Gasteiger partial charge on any atom is -0.480 e. The van der Waals surface area contributed by atoms with Crippen molar-refractivity contribution < 1.29 is 9.90 Å². The van der Waals surface area contributed by atoms with Crippen LogP contribution in [0.1, 0.15) is 31.9 Å². The summed E-state index contributed by atoms with van der Waals surface area (Å²) in [5.74, 6) is -0.0708. The Hall–Kier alpha value is -1.95. The minimum absolute atomic E-state index is 0.559. The molecule has 0 amide bonds. The molecule has 2 aromatic rings. The van der Waals surface area contributed by atoms with Crippen LogP contribution in [0.2, 0.25) is 0 Å². The van der Waals surface area contributed by atoms with Crippen molar-refractivity contribution in [1.82, 2.24) is 19.3 Å². The van der Waals surface area contributed by atoms with Crippen molar-refractivity contribution in [2.24, 2.45) is 0 Å². The third kappa shape index (κ3) is 1.96. The molecule has 1 atom stereocenters. The van der Waals surface area contributed by atoms with Crippen LogP contribution in [0, 0.1) is 0 Å². The second-order valence-corrected chi connectivity index (χ2v) is 5.27. The van der Waals surface area contributed by atoms with Crippen LogP contribution in [0.25, 0.3) is 5.78 Å². The summed E-state index contributed by atoms with van der Waals surface area (Å²) >= 11 is 0. The van der Waals surface area contributed by atoms with Gasteiger partial charge in [0.15, 0.2) is 0 Å². The Morgan fingerprint density at radius 1 is 1.55 bits per heavy atom. The average Bonchev–Trinajstić information content (AvgIpc) is 3.02. The number of rotatable bonds is 4. The number of aliphatic carboxylic acids is 1. The molecular weight excluding hydrogens is 256 g/mol. The highest BCUT2D eigenvalue weighted by atomic mass is 16.4. The van der Waals surface area contributed by atoms with Gasteiger partial charge in [-0.25, -0.2) is 9.97 Å². The highest BCUT2D eigenvalue weighted by Gasteiger charge is 2.46. The van der Waals surface area contributed by atoms with E-state index in [1.807, 2.05) is 34.7 Å². The van der Waals surface area contributed by atoms with Crippen LogP contribution in [-0.2, 0) is 11.3 Å². The molecule has 0 radical (unpaired) electrons. The predicted octanol–water partition coefficient (Wildman–Crippen LogP) is 1.56. The van der Waals surface area contributed by atoms with E-state index in [4.69, 9.17) is 0 Å². The maximum Gasteiger partial charge on any atom is 0.324 e. The predicted molar refractivity (Wildman–Crippen MR) is 73.3 cm³/mol. The van der Waals surface area contributed by atoms with Crippen LogP contribution in [0.15, 0.2) is 24.7 Å². The lowest BCUT2D eigenvalue weighted by Gasteiger charge is -2.33. The molecule has 0 bridgehead atoms. The Kier molecular flexibility index (Phi) is 3.17. The summed E-state index contributed by atoms with van der Waals surface area (Å²) in [6.07, 6.45) is 7.77. The van der Waals surface area contributed by atoms with E-state index in [0.717, 1.165) is 18.7 Å². The fourth-order valence-electron chi connectivity index (χ4n) is 3.11. The maximum atomic E-state index is 11.6. The number of carboxylic acid groups (broad SMARTS) is 1. The van der Waals surface area contributed by atoms with E-state index >= 15 is 0 Å². The van der Waals surface area contributed by atoms with Crippen LogP contribution >= 0.6 is 0 Å². The van der Waals surface area contributed by atoms with Crippen molar-refractivity contribution in [2.75, 3.05) is 6.54 Å². The van der Waals surface area contributed by atoms with E-state index < -0.39 is 11.5 Å². The lowest BCUT2D eigenvalue weighted by molar-refractivity contribution is -0.150. The summed E-state index contributed by atoms with van der Waals surface area (Å²) in [7, 11) is 0. The van der Waals surface area contributed by atoms with Crippen LogP contribution in [0.3, 0.4) is 0 Å². The first-order chi connectivity index (χ1) is 9.65. The summed E-state index contributed by atoms with van der Waals surface area (Å²) in [5, 5.41) is 9.57. The molecule has 1 N–H and O–H groups in total. The Labute approximate surface area is 117 Å². The molecule has 0 spiro atoms. The molecule has 1 saturated heterocycles. The normalized spacial score (nSPS) is 23.4. The molecule has 6 heteroatoms. The lowest BCUT2D eigenvalue weighted by atomic mass is 9.93. The maximum absolute atomic E-state index is 11.6. The average molecular weight is 274 g/mol. The SMILES string of the molecule is CCC1(C(=O)O)CCCN1Cc1cn2cccnc2n1. The number of carbonyl (C=O) groups is 1. The summed E-state index contributed by atoms with van der Waals surface area (Å²) in [6, 6.07) is 1.85. The van der Waals surface area contributed by atoms with Crippen LogP contribution in [0.5, 0.6) is 0 Å². The zero-order valence-electron chi connectivity index (χ0n) is 11.5. The third-order valence-corrected chi connectivity index (χ3v) is 4.24. The van der Waals surface area contributed by atoms with Gasteiger partial charge in [-0.2, -0.15) is 0 Å². The van der Waals surface area contributed by atoms with Gasteiger partial charge in [0, 0.05) is 25.1 Å². The van der Waals surface area contributed by atoms with Crippen molar-refractivity contribution in [2.45, 2.75) is 38.3 Å². The number of nitrogens with zero attached hydrogens (tertiary/aromatic N) is 4. The van der Waals surface area contributed by atoms with E-state index in [0.29, 0.717) is 25.2 Å². The van der Waals surface area contributed by atoms with E-state index in [-0.39, 0.29) is 0 Å². The second-order valence-electron chi connectivity index (χ2n) is 5.27. The Morgan fingerprint density at radius 3 is 3.10 bits per heavy atom. The first kappa shape index (κ1) is 13.1. The molecule has 1 fully saturated rings. The van der Waals surface area contributed by atoms with Crippen molar-refractivity contribution >= 4 is 11.7 Å². The number of fused-ring (bicyclic) bond motifs is 1. The van der Waals surface area contributed by atoms with E-state index in [1.165, 1.54) is 0 Å². The Morgan fingerprint density at radius 2 is 2.40 bits per heavy atom. The largest absolute Gasteiger partial charge is 0.480 e. The molecule has 3 rings (SSSR count). The van der Waals surface area contributed by atoms with Gasteiger partial charge in [-0.15, -0.1) is 0 Å². The fraction of sp³-hybridized carbons (Fsp3) is 0.500. The number of carboxylic acids is 1. The monoisotopic (exact) mass is 274 g/mol. The van der Waals surface area contributed by atoms with E-state index in [2.05, 4.69) is 9.97 Å². The molecule has 2 aromatic heterocycles. The van der Waals surface area contributed by atoms with Crippen molar-refractivity contribution in [3.63, 3.8) is 0 Å². The van der Waals surface area contributed by atoms with Crippen LogP contribution < -0.4 is 0 Å². The van der Waals surface area contributed by atoms with Crippen LogP contribution in [-0.4, -0.2) is 42.4 Å². The second kappa shape index (κ2) is 4.86. The lowest BCUT2D eigenvalue weighted by Crippen LogP contribution is -2.49. The standard InChI is InChI=1S/C14H18N4O2/c1-2-14(12(19)20)5-3-8-18(14)10-11-9-17-7-4-6-15-13(17)16-11/h4,6-7,9H,2-3,5,8,10H2,1H3,(H,19,20). The van der Waals surface area contributed by atoms with Gasteiger partial charge < -0.3 is 5.11 Å². The first-order valence-electron chi connectivity index (χ1n) is 6.93. The summed E-state index contributed by atoms with van der Waals surface area (Å²) < 4.78 is 1.86. The summed E-state index contributed by atoms with van der Waals surface area (Å²) in [4.78, 5) is 22.3. The number of imidazole rings is 1. The zero-order chi connectivity index (χ0) is 14.2. The topological polar surface area (TPSA) is 70.7 Å². The molecule has 3 heterocycles. The summed E-state index contributed by atoms with van der Waals surface area (Å²) in [6.45, 7) is 3.31. The first-order valence-corrected chi connectivity index (χ1v) is 6.93. The van der Waals surface area contributed by atoms with Crippen molar-refractivity contribution in [3.8, 4) is 0 Å². The molecule has 1 unspecified atom stereocenters. The molecule has 0 aliphatic carbocycles. The molecule has 6 nitrogen and oxygen atoms in total. The molecule has 20 heavy (non-hydrogen) atoms.